The molecular formula is C14H22F3N5O2S2. The van der Waals surface area contributed by atoms with Gasteiger partial charge >= 0.3 is 15.5 Å². The molecule has 0 radical (unpaired) electrons. The van der Waals surface area contributed by atoms with E-state index in [-0.39, 0.29) is 32.0 Å². The van der Waals surface area contributed by atoms with E-state index in [1.54, 1.807) is 17.5 Å². The van der Waals surface area contributed by atoms with Gasteiger partial charge in [0, 0.05) is 36.8 Å². The lowest BCUT2D eigenvalue weighted by molar-refractivity contribution is -0.0494. The van der Waals surface area contributed by atoms with Crippen LogP contribution in [-0.2, 0) is 16.6 Å². The normalized spacial score (nSPS) is 18.1. The van der Waals surface area contributed by atoms with Crippen molar-refractivity contribution in [2.45, 2.75) is 44.8 Å². The zero-order valence-electron chi connectivity index (χ0n) is 14.5. The molecule has 7 nitrogen and oxygen atoms in total. The van der Waals surface area contributed by atoms with Gasteiger partial charge < -0.3 is 10.6 Å². The molecule has 0 spiro atoms. The summed E-state index contributed by atoms with van der Waals surface area (Å²) in [5, 5.41) is 7.10. The van der Waals surface area contributed by atoms with Gasteiger partial charge in [-0.25, -0.2) is 18.4 Å². The average molecular weight is 413 g/mol. The number of aromatic nitrogens is 1. The first kappa shape index (κ1) is 20.9. The van der Waals surface area contributed by atoms with Crippen LogP contribution in [-0.4, -0.2) is 54.9 Å². The third-order valence-corrected chi connectivity index (χ3v) is 6.34. The van der Waals surface area contributed by atoms with Crippen LogP contribution in [0.15, 0.2) is 11.2 Å². The van der Waals surface area contributed by atoms with Crippen LogP contribution in [0.3, 0.4) is 0 Å². The molecule has 26 heavy (non-hydrogen) atoms. The Morgan fingerprint density at radius 2 is 2.08 bits per heavy atom. The summed E-state index contributed by atoms with van der Waals surface area (Å²) in [5.41, 5.74) is -5.25. The molecule has 0 aliphatic carbocycles. The first-order valence-corrected chi connectivity index (χ1v) is 10.4. The molecule has 1 fully saturated rings. The number of thiazole rings is 1. The number of hydrogen-bond donors (Lipinski definition) is 2. The molecule has 2 heterocycles. The van der Waals surface area contributed by atoms with Gasteiger partial charge in [0.15, 0.2) is 5.96 Å². The lowest BCUT2D eigenvalue weighted by Gasteiger charge is -2.32. The van der Waals surface area contributed by atoms with Crippen molar-refractivity contribution >= 4 is 27.3 Å². The summed E-state index contributed by atoms with van der Waals surface area (Å²) in [6.07, 6.45) is 2.32. The summed E-state index contributed by atoms with van der Waals surface area (Å²) in [7, 11) is -5.25. The quantitative estimate of drug-likeness (QED) is 0.568. The lowest BCUT2D eigenvalue weighted by atomic mass is 10.1. The first-order valence-electron chi connectivity index (χ1n) is 8.16. The van der Waals surface area contributed by atoms with E-state index in [0.29, 0.717) is 23.4 Å². The summed E-state index contributed by atoms with van der Waals surface area (Å²) >= 11 is 1.55. The summed E-state index contributed by atoms with van der Waals surface area (Å²) in [6, 6.07) is -0.148. The van der Waals surface area contributed by atoms with Crippen LogP contribution < -0.4 is 10.6 Å². The fourth-order valence-corrected chi connectivity index (χ4v) is 4.22. The average Bonchev–Trinajstić information content (AvgIpc) is 2.98. The van der Waals surface area contributed by atoms with E-state index in [4.69, 9.17) is 0 Å². The fourth-order valence-electron chi connectivity index (χ4n) is 2.52. The number of nitrogens with zero attached hydrogens (tertiary/aromatic N) is 3. The lowest BCUT2D eigenvalue weighted by Crippen LogP contribution is -2.51. The molecule has 1 aliphatic rings. The molecule has 0 aromatic carbocycles. The minimum atomic E-state index is -5.25. The minimum absolute atomic E-state index is 0.148. The predicted octanol–water partition coefficient (Wildman–Crippen LogP) is 1.82. The molecule has 0 amide bonds. The van der Waals surface area contributed by atoms with Gasteiger partial charge in [-0.15, -0.1) is 11.3 Å². The number of aryl methyl sites for hydroxylation is 1. The SMILES string of the molecule is CCNC(=NCc1ncc(C)s1)NC1CCN(S(=O)(=O)C(F)(F)F)CC1. The molecule has 2 N–H and O–H groups in total. The van der Waals surface area contributed by atoms with E-state index in [2.05, 4.69) is 20.6 Å². The van der Waals surface area contributed by atoms with Crippen LogP contribution in [0.2, 0.25) is 0 Å². The number of guanidine groups is 1. The van der Waals surface area contributed by atoms with Crippen molar-refractivity contribution in [3.05, 3.63) is 16.1 Å². The van der Waals surface area contributed by atoms with Crippen LogP contribution in [0.4, 0.5) is 13.2 Å². The van der Waals surface area contributed by atoms with Crippen molar-refractivity contribution in [2.75, 3.05) is 19.6 Å². The fraction of sp³-hybridized carbons (Fsp3) is 0.714. The molecule has 0 bridgehead atoms. The van der Waals surface area contributed by atoms with Gasteiger partial charge in [-0.1, -0.05) is 0 Å². The number of piperidine rings is 1. The van der Waals surface area contributed by atoms with E-state index >= 15 is 0 Å². The molecule has 1 aromatic heterocycles. The molecule has 0 atom stereocenters. The molecular weight excluding hydrogens is 391 g/mol. The number of sulfonamides is 1. The highest BCUT2D eigenvalue weighted by Crippen LogP contribution is 2.28. The van der Waals surface area contributed by atoms with Crippen molar-refractivity contribution in [3.8, 4) is 0 Å². The zero-order valence-corrected chi connectivity index (χ0v) is 16.1. The highest BCUT2D eigenvalue weighted by atomic mass is 32.2. The Balaban J connectivity index is 1.93. The third kappa shape index (κ3) is 5.30. The molecule has 12 heteroatoms. The van der Waals surface area contributed by atoms with Gasteiger partial charge in [0.05, 0.1) is 6.54 Å². The second-order valence-electron chi connectivity index (χ2n) is 5.83. The van der Waals surface area contributed by atoms with Crippen molar-refractivity contribution < 1.29 is 21.6 Å². The number of aliphatic imine (C=N–C) groups is 1. The Bertz CT molecular complexity index is 725. The molecule has 0 unspecified atom stereocenters. The Labute approximate surface area is 154 Å². The maximum atomic E-state index is 12.6. The van der Waals surface area contributed by atoms with E-state index in [1.165, 1.54) is 0 Å². The summed E-state index contributed by atoms with van der Waals surface area (Å²) < 4.78 is 61.2. The largest absolute Gasteiger partial charge is 0.511 e. The van der Waals surface area contributed by atoms with Gasteiger partial charge in [-0.2, -0.15) is 17.5 Å². The van der Waals surface area contributed by atoms with Crippen LogP contribution in [0, 0.1) is 6.92 Å². The number of hydrogen-bond acceptors (Lipinski definition) is 5. The number of rotatable bonds is 5. The van der Waals surface area contributed by atoms with Crippen molar-refractivity contribution in [2.24, 2.45) is 4.99 Å². The van der Waals surface area contributed by atoms with Crippen LogP contribution in [0.1, 0.15) is 29.7 Å². The Kier molecular flexibility index (Phi) is 6.86. The Morgan fingerprint density at radius 3 is 2.58 bits per heavy atom. The van der Waals surface area contributed by atoms with Gasteiger partial charge in [0.2, 0.25) is 0 Å². The van der Waals surface area contributed by atoms with E-state index < -0.39 is 15.5 Å². The van der Waals surface area contributed by atoms with Gasteiger partial charge in [0.1, 0.15) is 5.01 Å². The van der Waals surface area contributed by atoms with Crippen molar-refractivity contribution in [3.63, 3.8) is 0 Å². The molecule has 1 aromatic rings. The summed E-state index contributed by atoms with van der Waals surface area (Å²) in [5.74, 6) is 0.539. The molecule has 148 valence electrons. The maximum absolute atomic E-state index is 12.6. The van der Waals surface area contributed by atoms with Crippen LogP contribution in [0.5, 0.6) is 0 Å². The van der Waals surface area contributed by atoms with Crippen molar-refractivity contribution in [1.29, 1.82) is 0 Å². The molecule has 0 saturated carbocycles. The van der Waals surface area contributed by atoms with Crippen LogP contribution >= 0.6 is 11.3 Å². The molecule has 2 rings (SSSR count). The smallest absolute Gasteiger partial charge is 0.357 e. The number of halogens is 3. The number of alkyl halides is 3. The highest BCUT2D eigenvalue weighted by Gasteiger charge is 2.50. The van der Waals surface area contributed by atoms with Gasteiger partial charge in [0.25, 0.3) is 0 Å². The van der Waals surface area contributed by atoms with E-state index in [9.17, 15) is 21.6 Å². The topological polar surface area (TPSA) is 86.7 Å². The Hall–Kier alpha value is -1.40. The second-order valence-corrected chi connectivity index (χ2v) is 9.08. The highest BCUT2D eigenvalue weighted by molar-refractivity contribution is 7.90. The van der Waals surface area contributed by atoms with Crippen molar-refractivity contribution in [1.82, 2.24) is 19.9 Å². The first-order chi connectivity index (χ1) is 12.1. The summed E-state index contributed by atoms with van der Waals surface area (Å²) in [4.78, 5) is 9.75. The van der Waals surface area contributed by atoms with E-state index in [1.807, 2.05) is 13.8 Å². The molecule has 1 saturated heterocycles. The maximum Gasteiger partial charge on any atom is 0.511 e. The number of nitrogens with one attached hydrogen (secondary N) is 2. The second kappa shape index (κ2) is 8.53. The predicted molar refractivity (Wildman–Crippen MR) is 94.4 cm³/mol. The standard InChI is InChI=1S/C14H22F3N5O2S2/c1-3-18-13(20-9-12-19-8-10(2)25-12)21-11-4-6-22(7-5-11)26(23,24)14(15,16)17/h8,11H,3-7,9H2,1-2H3,(H2,18,20,21). The van der Waals surface area contributed by atoms with Crippen LogP contribution in [0.25, 0.3) is 0 Å². The summed E-state index contributed by atoms with van der Waals surface area (Å²) in [6.45, 7) is 4.54. The third-order valence-electron chi connectivity index (χ3n) is 3.81. The van der Waals surface area contributed by atoms with Gasteiger partial charge in [-0.05, 0) is 26.7 Å². The zero-order chi connectivity index (χ0) is 19.4. The monoisotopic (exact) mass is 413 g/mol. The Morgan fingerprint density at radius 1 is 1.42 bits per heavy atom. The minimum Gasteiger partial charge on any atom is -0.357 e. The van der Waals surface area contributed by atoms with E-state index in [0.717, 1.165) is 9.88 Å². The molecule has 1 aliphatic heterocycles. The van der Waals surface area contributed by atoms with Gasteiger partial charge in [-0.3, -0.25) is 0 Å².